The number of aromatic nitrogens is 1. The molecule has 7 rings (SSSR count). The van der Waals surface area contributed by atoms with Crippen molar-refractivity contribution < 1.29 is 37.0 Å². The minimum Gasteiger partial charge on any atom is -0.489 e. The van der Waals surface area contributed by atoms with Crippen molar-refractivity contribution in [2.75, 3.05) is 31.6 Å². The fourth-order valence-electron chi connectivity index (χ4n) is 6.22. The Morgan fingerprint density at radius 2 is 1.93 bits per heavy atom. The highest BCUT2D eigenvalue weighted by Crippen LogP contribution is 2.60. The molecular weight excluding hydrogens is 551 g/mol. The third-order valence-electron chi connectivity index (χ3n) is 8.46. The number of pyridine rings is 1. The zero-order valence-electron chi connectivity index (χ0n) is 22.6. The van der Waals surface area contributed by atoms with E-state index < -0.39 is 11.7 Å². The van der Waals surface area contributed by atoms with Gasteiger partial charge in [-0.2, -0.15) is 13.2 Å². The Morgan fingerprint density at radius 3 is 2.74 bits per heavy atom. The number of hydrogen-bond donors (Lipinski definition) is 1. The van der Waals surface area contributed by atoms with Gasteiger partial charge < -0.3 is 19.5 Å². The summed E-state index contributed by atoms with van der Waals surface area (Å²) in [6, 6.07) is 11.2. The van der Waals surface area contributed by atoms with Crippen LogP contribution in [0.2, 0.25) is 0 Å². The lowest BCUT2D eigenvalue weighted by molar-refractivity contribution is -0.138. The Hall–Kier alpha value is -3.96. The van der Waals surface area contributed by atoms with E-state index >= 15 is 0 Å². The van der Waals surface area contributed by atoms with Crippen LogP contribution in [0.3, 0.4) is 0 Å². The maximum atomic E-state index is 14.0. The summed E-state index contributed by atoms with van der Waals surface area (Å²) in [5.41, 5.74) is 1.20. The van der Waals surface area contributed by atoms with Crippen LogP contribution in [0.1, 0.15) is 51.4 Å². The number of nitrogens with one attached hydrogen (secondary N) is 1. The molecule has 3 aromatic rings. The number of fused-ring (bicyclic) bond motifs is 4. The van der Waals surface area contributed by atoms with Crippen LogP contribution < -0.4 is 14.8 Å². The Labute approximate surface area is 239 Å². The molecule has 4 heterocycles. The molecule has 4 aliphatic rings. The van der Waals surface area contributed by atoms with Crippen molar-refractivity contribution in [2.24, 2.45) is 5.92 Å². The van der Waals surface area contributed by atoms with Gasteiger partial charge in [-0.3, -0.25) is 14.5 Å². The molecule has 3 aliphatic heterocycles. The smallest absolute Gasteiger partial charge is 0.416 e. The molecule has 1 aliphatic carbocycles. The number of amides is 1. The highest BCUT2D eigenvalue weighted by molar-refractivity contribution is 5.97. The minimum absolute atomic E-state index is 0.0270. The Morgan fingerprint density at radius 1 is 1.10 bits per heavy atom. The number of alkyl halides is 3. The van der Waals surface area contributed by atoms with E-state index in [2.05, 4.69) is 10.3 Å². The number of benzene rings is 2. The highest BCUT2D eigenvalue weighted by atomic mass is 19.4. The van der Waals surface area contributed by atoms with E-state index in [9.17, 15) is 22.8 Å². The number of ether oxygens (including phenoxy) is 3. The minimum atomic E-state index is -4.56. The van der Waals surface area contributed by atoms with Crippen molar-refractivity contribution in [3.63, 3.8) is 0 Å². The van der Waals surface area contributed by atoms with Crippen molar-refractivity contribution in [2.45, 2.75) is 44.0 Å². The second kappa shape index (κ2) is 10.4. The Bertz CT molecular complexity index is 1570. The predicted molar refractivity (Wildman–Crippen MR) is 145 cm³/mol. The predicted octanol–water partition coefficient (Wildman–Crippen LogP) is 5.36. The average molecular weight is 580 g/mol. The van der Waals surface area contributed by atoms with Crippen molar-refractivity contribution in [1.82, 2.24) is 9.88 Å². The Balaban J connectivity index is 1.05. The maximum absolute atomic E-state index is 14.0. The van der Waals surface area contributed by atoms with Crippen molar-refractivity contribution in [3.05, 3.63) is 76.5 Å². The van der Waals surface area contributed by atoms with Gasteiger partial charge in [0.1, 0.15) is 29.2 Å². The molecule has 1 saturated carbocycles. The van der Waals surface area contributed by atoms with Crippen molar-refractivity contribution in [3.8, 4) is 17.2 Å². The summed E-state index contributed by atoms with van der Waals surface area (Å²) in [6.45, 7) is 2.28. The number of ketones is 1. The monoisotopic (exact) mass is 579 g/mol. The first-order chi connectivity index (χ1) is 20.2. The maximum Gasteiger partial charge on any atom is 0.416 e. The standard InChI is InChI=1S/C31H28F3N3O5/c32-31(33,34)23-13-17(1-2-18(23)16-37-9-11-40-12-10-37)24(38)15-22-28-21-14-19(3-5-25(21)42-29(22)28)41-26-7-8-35-30-20(26)4-6-27(39)36-30/h1-3,5,7-8,13-14,22,28-29H,4,6,9-12,15-16H2,(H,35,36,39)/t22-,28-,29+/m0/s1. The van der Waals surface area contributed by atoms with Gasteiger partial charge in [0.25, 0.3) is 0 Å². The fraction of sp³-hybridized carbons (Fsp3) is 0.387. The lowest BCUT2D eigenvalue weighted by Gasteiger charge is -2.27. The number of halogens is 3. The molecule has 1 saturated heterocycles. The molecule has 2 fully saturated rings. The second-order valence-electron chi connectivity index (χ2n) is 11.1. The zero-order valence-corrected chi connectivity index (χ0v) is 22.6. The lowest BCUT2D eigenvalue weighted by Crippen LogP contribution is -2.36. The average Bonchev–Trinajstić information content (AvgIpc) is 3.49. The van der Waals surface area contributed by atoms with Gasteiger partial charge in [0.2, 0.25) is 5.91 Å². The highest BCUT2D eigenvalue weighted by Gasteiger charge is 2.59. The topological polar surface area (TPSA) is 90.0 Å². The van der Waals surface area contributed by atoms with E-state index in [4.69, 9.17) is 14.2 Å². The molecule has 1 N–H and O–H groups in total. The number of nitrogens with zero attached hydrogens (tertiary/aromatic N) is 2. The van der Waals surface area contributed by atoms with Crippen LogP contribution >= 0.6 is 0 Å². The van der Waals surface area contributed by atoms with Gasteiger partial charge in [-0.1, -0.05) is 12.1 Å². The Kier molecular flexibility index (Phi) is 6.66. The molecule has 42 heavy (non-hydrogen) atoms. The first-order valence-corrected chi connectivity index (χ1v) is 14.0. The van der Waals surface area contributed by atoms with E-state index in [1.807, 2.05) is 17.0 Å². The quantitative estimate of drug-likeness (QED) is 0.377. The number of carbonyl (C=O) groups is 2. The van der Waals surface area contributed by atoms with Crippen LogP contribution in [0.4, 0.5) is 19.0 Å². The van der Waals surface area contributed by atoms with Crippen LogP contribution in [0.25, 0.3) is 0 Å². The summed E-state index contributed by atoms with van der Waals surface area (Å²) in [5, 5.41) is 2.76. The summed E-state index contributed by atoms with van der Waals surface area (Å²) < 4.78 is 59.4. The molecule has 0 spiro atoms. The number of anilines is 1. The molecule has 218 valence electrons. The number of carbonyl (C=O) groups excluding carboxylic acids is 2. The number of Topliss-reactive ketones (excluding diaryl/α,β-unsaturated/α-hetero) is 1. The molecule has 1 aromatic heterocycles. The van der Waals surface area contributed by atoms with Gasteiger partial charge in [0, 0.05) is 67.2 Å². The summed E-state index contributed by atoms with van der Waals surface area (Å²) in [5.74, 6) is 1.85. The van der Waals surface area contributed by atoms with Crippen LogP contribution in [0, 0.1) is 5.92 Å². The van der Waals surface area contributed by atoms with E-state index in [0.29, 0.717) is 56.5 Å². The summed E-state index contributed by atoms with van der Waals surface area (Å²) >= 11 is 0. The van der Waals surface area contributed by atoms with E-state index in [-0.39, 0.29) is 53.7 Å². The molecule has 11 heteroatoms. The van der Waals surface area contributed by atoms with Gasteiger partial charge in [-0.05, 0) is 42.3 Å². The first-order valence-electron chi connectivity index (χ1n) is 14.0. The summed E-state index contributed by atoms with van der Waals surface area (Å²) in [6.07, 6.45) is -2.20. The van der Waals surface area contributed by atoms with E-state index in [0.717, 1.165) is 22.9 Å². The largest absolute Gasteiger partial charge is 0.489 e. The van der Waals surface area contributed by atoms with Crippen LogP contribution in [-0.4, -0.2) is 54.0 Å². The molecule has 0 unspecified atom stereocenters. The van der Waals surface area contributed by atoms with E-state index in [1.165, 1.54) is 12.1 Å². The third-order valence-corrected chi connectivity index (χ3v) is 8.46. The summed E-state index contributed by atoms with van der Waals surface area (Å²) in [7, 11) is 0. The molecule has 3 atom stereocenters. The second-order valence-corrected chi connectivity index (χ2v) is 11.1. The zero-order chi connectivity index (χ0) is 29.0. The molecule has 1 amide bonds. The molecule has 0 radical (unpaired) electrons. The van der Waals surface area contributed by atoms with Crippen LogP contribution in [-0.2, 0) is 28.7 Å². The summed E-state index contributed by atoms with van der Waals surface area (Å²) in [4.78, 5) is 31.1. The van der Waals surface area contributed by atoms with E-state index in [1.54, 1.807) is 18.3 Å². The molecule has 8 nitrogen and oxygen atoms in total. The lowest BCUT2D eigenvalue weighted by atomic mass is 9.97. The molecule has 0 bridgehead atoms. The van der Waals surface area contributed by atoms with Crippen molar-refractivity contribution >= 4 is 17.5 Å². The van der Waals surface area contributed by atoms with Gasteiger partial charge in [0.15, 0.2) is 5.78 Å². The third kappa shape index (κ3) is 5.11. The normalized spacial score (nSPS) is 22.8. The molecule has 2 aromatic carbocycles. The SMILES string of the molecule is O=C1CCc2c(Oc3ccc4c(c3)[C@H]3[C@H](CC(=O)c5ccc(CN6CCOCC6)c(C(F)(F)F)c5)[C@H]3O4)ccnc2N1. The van der Waals surface area contributed by atoms with Gasteiger partial charge in [-0.25, -0.2) is 4.98 Å². The van der Waals surface area contributed by atoms with Gasteiger partial charge >= 0.3 is 6.18 Å². The molecular formula is C31H28F3N3O5. The van der Waals surface area contributed by atoms with Gasteiger partial charge in [-0.15, -0.1) is 0 Å². The van der Waals surface area contributed by atoms with Crippen molar-refractivity contribution in [1.29, 1.82) is 0 Å². The van der Waals surface area contributed by atoms with Crippen LogP contribution in [0.15, 0.2) is 48.7 Å². The van der Waals surface area contributed by atoms with Crippen LogP contribution in [0.5, 0.6) is 17.2 Å². The van der Waals surface area contributed by atoms with Gasteiger partial charge in [0.05, 0.1) is 18.8 Å². The first kappa shape index (κ1) is 26.9. The number of morpholine rings is 1. The number of hydrogen-bond acceptors (Lipinski definition) is 7. The number of rotatable bonds is 7. The fourth-order valence-corrected chi connectivity index (χ4v) is 6.22.